The van der Waals surface area contributed by atoms with Gasteiger partial charge < -0.3 is 14.8 Å². The second-order valence-electron chi connectivity index (χ2n) is 7.84. The third kappa shape index (κ3) is 5.39. The Labute approximate surface area is 150 Å². The van der Waals surface area contributed by atoms with E-state index in [1.807, 2.05) is 26.8 Å². The van der Waals surface area contributed by atoms with Gasteiger partial charge in [0, 0.05) is 12.3 Å². The normalized spacial score (nSPS) is 28.8. The molecule has 0 aromatic heterocycles. The molecular weight excluding hydrogens is 320 g/mol. The van der Waals surface area contributed by atoms with Gasteiger partial charge in [0.25, 0.3) is 0 Å². The van der Waals surface area contributed by atoms with Gasteiger partial charge in [-0.2, -0.15) is 0 Å². The lowest BCUT2D eigenvalue weighted by Gasteiger charge is -2.30. The van der Waals surface area contributed by atoms with Gasteiger partial charge in [-0.05, 0) is 71.6 Å². The maximum Gasteiger partial charge on any atom is 0.338 e. The molecule has 0 aromatic rings. The molecule has 0 bridgehead atoms. The van der Waals surface area contributed by atoms with E-state index in [-0.39, 0.29) is 17.9 Å². The Morgan fingerprint density at radius 3 is 2.44 bits per heavy atom. The van der Waals surface area contributed by atoms with E-state index in [9.17, 15) is 9.59 Å². The van der Waals surface area contributed by atoms with Crippen LogP contribution in [0.2, 0.25) is 0 Å². The van der Waals surface area contributed by atoms with Gasteiger partial charge in [-0.1, -0.05) is 0 Å². The third-order valence-electron chi connectivity index (χ3n) is 4.72. The summed E-state index contributed by atoms with van der Waals surface area (Å²) in [5.41, 5.74) is -1.45. The van der Waals surface area contributed by atoms with Crippen LogP contribution >= 0.6 is 0 Å². The Bertz CT molecular complexity index is 528. The van der Waals surface area contributed by atoms with Crippen molar-refractivity contribution in [3.63, 3.8) is 0 Å². The summed E-state index contributed by atoms with van der Waals surface area (Å²) in [5, 5.41) is 3.50. The number of ether oxygens (including phenoxy) is 2. The van der Waals surface area contributed by atoms with E-state index in [4.69, 9.17) is 9.47 Å². The molecule has 140 valence electrons. The van der Waals surface area contributed by atoms with Crippen molar-refractivity contribution >= 4 is 18.2 Å². The zero-order valence-corrected chi connectivity index (χ0v) is 15.7. The van der Waals surface area contributed by atoms with Crippen LogP contribution in [0, 0.1) is 5.92 Å². The van der Waals surface area contributed by atoms with Gasteiger partial charge in [0.15, 0.2) is 5.54 Å². The van der Waals surface area contributed by atoms with Crippen LogP contribution in [0.4, 0.5) is 0 Å². The number of nitrogens with zero attached hydrogens (tertiary/aromatic N) is 1. The second-order valence-corrected chi connectivity index (χ2v) is 7.84. The molecule has 0 saturated heterocycles. The van der Waals surface area contributed by atoms with Crippen molar-refractivity contribution in [2.75, 3.05) is 13.7 Å². The topological polar surface area (TPSA) is 77.0 Å². The molecule has 6 heteroatoms. The van der Waals surface area contributed by atoms with Gasteiger partial charge in [0.05, 0.1) is 13.0 Å². The molecule has 1 aliphatic heterocycles. The van der Waals surface area contributed by atoms with E-state index in [2.05, 4.69) is 10.3 Å². The van der Waals surface area contributed by atoms with Crippen molar-refractivity contribution in [2.45, 2.75) is 70.1 Å². The molecule has 0 spiro atoms. The number of esters is 2. The Morgan fingerprint density at radius 2 is 1.92 bits per heavy atom. The first-order valence-corrected chi connectivity index (χ1v) is 9.03. The van der Waals surface area contributed by atoms with E-state index in [1.54, 1.807) is 12.3 Å². The number of carbonyl (C=O) groups excluding carboxylic acids is 2. The Kier molecular flexibility index (Phi) is 6.38. The van der Waals surface area contributed by atoms with Gasteiger partial charge >= 0.3 is 11.9 Å². The molecule has 6 nitrogen and oxygen atoms in total. The molecule has 1 fully saturated rings. The minimum Gasteiger partial charge on any atom is -0.469 e. The van der Waals surface area contributed by atoms with Crippen molar-refractivity contribution in [1.82, 2.24) is 5.32 Å². The highest BCUT2D eigenvalue weighted by Crippen LogP contribution is 2.28. The van der Waals surface area contributed by atoms with Crippen LogP contribution in [0.3, 0.4) is 0 Å². The molecule has 2 rings (SSSR count). The first kappa shape index (κ1) is 19.6. The van der Waals surface area contributed by atoms with Crippen LogP contribution in [0.1, 0.15) is 52.9 Å². The van der Waals surface area contributed by atoms with Crippen molar-refractivity contribution < 1.29 is 19.1 Å². The average Bonchev–Trinajstić information content (AvgIpc) is 3.03. The molecular formula is C19H30N2O4. The largest absolute Gasteiger partial charge is 0.469 e. The Balaban J connectivity index is 1.81. The van der Waals surface area contributed by atoms with Crippen LogP contribution < -0.4 is 5.32 Å². The molecule has 1 N–H and O–H groups in total. The minimum atomic E-state index is -0.913. The molecule has 0 radical (unpaired) electrons. The van der Waals surface area contributed by atoms with Crippen LogP contribution in [-0.4, -0.2) is 49.0 Å². The minimum absolute atomic E-state index is 0.0264. The smallest absolute Gasteiger partial charge is 0.338 e. The predicted octanol–water partition coefficient (Wildman–Crippen LogP) is 2.42. The fourth-order valence-corrected chi connectivity index (χ4v) is 3.33. The Hall–Kier alpha value is -1.69. The van der Waals surface area contributed by atoms with Crippen LogP contribution in [0.25, 0.3) is 0 Å². The lowest BCUT2D eigenvalue weighted by molar-refractivity contribution is -0.159. The summed E-state index contributed by atoms with van der Waals surface area (Å²) >= 11 is 0. The van der Waals surface area contributed by atoms with Gasteiger partial charge in [0.2, 0.25) is 0 Å². The monoisotopic (exact) mass is 350 g/mol. The Morgan fingerprint density at radius 1 is 1.24 bits per heavy atom. The zero-order valence-electron chi connectivity index (χ0n) is 15.7. The highest BCUT2D eigenvalue weighted by atomic mass is 16.6. The summed E-state index contributed by atoms with van der Waals surface area (Å²) in [6.45, 7) is 6.26. The molecule has 1 unspecified atom stereocenters. The molecule has 25 heavy (non-hydrogen) atoms. The SMILES string of the molecule is COC(=O)C1CCC(NCCC2(C(=O)OC(C)(C)C)C=CC=N2)CC1. The standard InChI is InChI=1S/C19H30N2O4/c1-18(2,3)25-17(23)19(10-5-12-21-19)11-13-20-15-8-6-14(7-9-15)16(22)24-4/h5,10,12,14-15,20H,6-9,11,13H2,1-4H3. The number of rotatable bonds is 6. The van der Waals surface area contributed by atoms with Crippen LogP contribution in [-0.2, 0) is 19.1 Å². The highest BCUT2D eigenvalue weighted by Gasteiger charge is 2.40. The first-order chi connectivity index (χ1) is 11.8. The van der Waals surface area contributed by atoms with Crippen molar-refractivity contribution in [3.05, 3.63) is 12.2 Å². The van der Waals surface area contributed by atoms with E-state index in [1.165, 1.54) is 7.11 Å². The number of hydrogen-bond donors (Lipinski definition) is 1. The summed E-state index contributed by atoms with van der Waals surface area (Å²) in [7, 11) is 1.44. The van der Waals surface area contributed by atoms with Crippen molar-refractivity contribution in [3.8, 4) is 0 Å². The number of carbonyl (C=O) groups is 2. The number of hydrogen-bond acceptors (Lipinski definition) is 6. The van der Waals surface area contributed by atoms with E-state index in [0.29, 0.717) is 19.0 Å². The quantitative estimate of drug-likeness (QED) is 0.745. The maximum atomic E-state index is 12.5. The fraction of sp³-hybridized carbons (Fsp3) is 0.737. The third-order valence-corrected chi connectivity index (χ3v) is 4.72. The summed E-state index contributed by atoms with van der Waals surface area (Å²) in [6, 6.07) is 0.367. The average molecular weight is 350 g/mol. The van der Waals surface area contributed by atoms with E-state index in [0.717, 1.165) is 25.7 Å². The lowest BCUT2D eigenvalue weighted by Crippen LogP contribution is -2.43. The van der Waals surface area contributed by atoms with Crippen molar-refractivity contribution in [1.29, 1.82) is 0 Å². The van der Waals surface area contributed by atoms with Gasteiger partial charge in [-0.3, -0.25) is 9.79 Å². The van der Waals surface area contributed by atoms with Gasteiger partial charge in [-0.25, -0.2) is 4.79 Å². The van der Waals surface area contributed by atoms with Crippen molar-refractivity contribution in [2.24, 2.45) is 10.9 Å². The van der Waals surface area contributed by atoms with Gasteiger partial charge in [0.1, 0.15) is 5.60 Å². The number of aliphatic imine (C=N–C) groups is 1. The molecule has 1 heterocycles. The highest BCUT2D eigenvalue weighted by molar-refractivity contribution is 5.91. The number of nitrogens with one attached hydrogen (secondary N) is 1. The van der Waals surface area contributed by atoms with E-state index >= 15 is 0 Å². The summed E-state index contributed by atoms with van der Waals surface area (Å²) in [4.78, 5) is 28.5. The zero-order chi connectivity index (χ0) is 18.5. The summed E-state index contributed by atoms with van der Waals surface area (Å²) < 4.78 is 10.4. The lowest BCUT2D eigenvalue weighted by atomic mass is 9.86. The molecule has 1 saturated carbocycles. The molecule has 0 aromatic carbocycles. The van der Waals surface area contributed by atoms with Crippen LogP contribution in [0.15, 0.2) is 17.1 Å². The first-order valence-electron chi connectivity index (χ1n) is 9.03. The number of methoxy groups -OCH3 is 1. The van der Waals surface area contributed by atoms with Crippen LogP contribution in [0.5, 0.6) is 0 Å². The molecule has 2 aliphatic rings. The fourth-order valence-electron chi connectivity index (χ4n) is 3.33. The van der Waals surface area contributed by atoms with E-state index < -0.39 is 11.1 Å². The summed E-state index contributed by atoms with van der Waals surface area (Å²) in [6.07, 6.45) is 9.41. The van der Waals surface area contributed by atoms with Gasteiger partial charge in [-0.15, -0.1) is 0 Å². The predicted molar refractivity (Wildman–Crippen MR) is 96.6 cm³/mol. The molecule has 1 atom stereocenters. The molecule has 0 amide bonds. The summed E-state index contributed by atoms with van der Waals surface area (Å²) in [5.74, 6) is -0.382. The maximum absolute atomic E-state index is 12.5. The number of allylic oxidation sites excluding steroid dienone is 1. The second kappa shape index (κ2) is 8.13. The molecule has 1 aliphatic carbocycles.